The van der Waals surface area contributed by atoms with E-state index in [-0.39, 0.29) is 24.0 Å². The van der Waals surface area contributed by atoms with Crippen LogP contribution in [-0.2, 0) is 34.3 Å². The lowest BCUT2D eigenvalue weighted by Gasteiger charge is -2.37. The number of carbonyl (C=O) groups excluding carboxylic acids is 3. The molecule has 0 aromatic heterocycles. The van der Waals surface area contributed by atoms with Crippen molar-refractivity contribution >= 4 is 68.2 Å². The number of unbranched alkanes of at least 4 members (excludes halogenated alkanes) is 1. The zero-order valence-electron chi connectivity index (χ0n) is 50.7. The summed E-state index contributed by atoms with van der Waals surface area (Å²) in [6.45, 7) is 11.4. The Morgan fingerprint density at radius 1 is 0.477 bits per heavy atom. The zero-order valence-corrected chi connectivity index (χ0v) is 52.7. The minimum absolute atomic E-state index is 0.139. The first-order valence-electron chi connectivity index (χ1n) is 28.6. The van der Waals surface area contributed by atoms with E-state index >= 15 is 0 Å². The van der Waals surface area contributed by atoms with Crippen molar-refractivity contribution in [1.82, 2.24) is 0 Å². The molecule has 86 heavy (non-hydrogen) atoms. The van der Waals surface area contributed by atoms with Gasteiger partial charge in [-0.25, -0.2) is 9.59 Å². The van der Waals surface area contributed by atoms with E-state index in [1.165, 1.54) is 14.2 Å². The molecule has 2 aliphatic rings. The molecular formula is C70H74O14Si2. The molecule has 8 aromatic rings. The molecule has 0 saturated heterocycles. The third kappa shape index (κ3) is 12.8. The number of fused-ring (bicyclic) bond motifs is 6. The highest BCUT2D eigenvalue weighted by molar-refractivity contribution is 6.86. The zero-order chi connectivity index (χ0) is 61.2. The normalized spacial score (nSPS) is 14.7. The molecule has 2 aliphatic heterocycles. The molecule has 10 rings (SSSR count). The lowest BCUT2D eigenvalue weighted by molar-refractivity contribution is -0.132. The molecular weight excluding hydrogens is 1120 g/mol. The number of hydrogen-bond acceptors (Lipinski definition) is 14. The largest absolute Gasteiger partial charge is 0.497 e. The molecule has 0 spiro atoms. The van der Waals surface area contributed by atoms with Gasteiger partial charge in [-0.3, -0.25) is 4.79 Å². The maximum atomic E-state index is 13.7. The lowest BCUT2D eigenvalue weighted by atomic mass is 9.82. The molecule has 0 bridgehead atoms. The van der Waals surface area contributed by atoms with Gasteiger partial charge in [-0.2, -0.15) is 0 Å². The molecule has 0 fully saturated rings. The molecule has 14 nitrogen and oxygen atoms in total. The van der Waals surface area contributed by atoms with Crippen LogP contribution in [0.2, 0.25) is 38.3 Å². The SMILES string of the molecule is CCCC[Si](C)(C)O[Si](C)(C)CC(=O)Oc1c(C(=O)OC)c2c(c3ccccc13)OC(c1ccccc1)(c1ccc(OC)cc1)C=C2.COCCOc1c(C(=O)OC)c2c(c3ccccc13)OC(c1ccc(OC)cc1)(c1ccc(OC)cc1)C=C2. The van der Waals surface area contributed by atoms with Crippen LogP contribution >= 0.6 is 0 Å². The van der Waals surface area contributed by atoms with Crippen molar-refractivity contribution in [3.8, 4) is 40.2 Å². The number of hydrogen-bond donors (Lipinski definition) is 0. The highest BCUT2D eigenvalue weighted by Crippen LogP contribution is 2.52. The quantitative estimate of drug-likeness (QED) is 0.0290. The summed E-state index contributed by atoms with van der Waals surface area (Å²) in [5, 5.41) is 2.83. The summed E-state index contributed by atoms with van der Waals surface area (Å²) in [5.41, 5.74) is 3.06. The number of methoxy groups -OCH3 is 6. The number of carbonyl (C=O) groups is 3. The highest BCUT2D eigenvalue weighted by Gasteiger charge is 2.43. The first kappa shape index (κ1) is 61.9. The van der Waals surface area contributed by atoms with E-state index in [4.69, 9.17) is 51.5 Å². The molecule has 16 heteroatoms. The van der Waals surface area contributed by atoms with Crippen LogP contribution < -0.4 is 33.2 Å². The average molecular weight is 1200 g/mol. The fraction of sp³-hybridized carbons (Fsp3) is 0.271. The van der Waals surface area contributed by atoms with Gasteiger partial charge in [0, 0.05) is 62.0 Å². The third-order valence-corrected chi connectivity index (χ3v) is 22.5. The smallest absolute Gasteiger partial charge is 0.342 e. The molecule has 0 amide bonds. The van der Waals surface area contributed by atoms with Crippen LogP contribution in [0.4, 0.5) is 0 Å². The molecule has 0 aliphatic carbocycles. The summed E-state index contributed by atoms with van der Waals surface area (Å²) in [5.74, 6) is 2.26. The summed E-state index contributed by atoms with van der Waals surface area (Å²) < 4.78 is 64.9. The topological polar surface area (TPSA) is 153 Å². The van der Waals surface area contributed by atoms with Crippen molar-refractivity contribution in [3.63, 3.8) is 0 Å². The molecule has 446 valence electrons. The minimum atomic E-state index is -2.43. The van der Waals surface area contributed by atoms with Crippen LogP contribution in [0.15, 0.2) is 164 Å². The maximum absolute atomic E-state index is 13.7. The van der Waals surface area contributed by atoms with E-state index in [2.05, 4.69) is 33.1 Å². The van der Waals surface area contributed by atoms with E-state index in [0.717, 1.165) is 69.2 Å². The Labute approximate surface area is 505 Å². The Kier molecular flexibility index (Phi) is 19.2. The molecule has 1 atom stereocenters. The van der Waals surface area contributed by atoms with Gasteiger partial charge in [-0.05, 0) is 92.9 Å². The third-order valence-electron chi connectivity index (χ3n) is 15.4. The number of benzene rings is 8. The molecule has 0 N–H and O–H groups in total. The van der Waals surface area contributed by atoms with Gasteiger partial charge in [0.2, 0.25) is 0 Å². The maximum Gasteiger partial charge on any atom is 0.342 e. The average Bonchev–Trinajstić information content (AvgIpc) is 0.768. The number of ether oxygens (including phenoxy) is 10. The van der Waals surface area contributed by atoms with Crippen LogP contribution in [0.5, 0.6) is 40.2 Å². The van der Waals surface area contributed by atoms with Gasteiger partial charge < -0.3 is 51.5 Å². The van der Waals surface area contributed by atoms with E-state index in [1.807, 2.05) is 176 Å². The first-order chi connectivity index (χ1) is 41.5. The van der Waals surface area contributed by atoms with Gasteiger partial charge in [-0.1, -0.05) is 135 Å². The van der Waals surface area contributed by atoms with Crippen LogP contribution in [0.25, 0.3) is 33.7 Å². The van der Waals surface area contributed by atoms with Crippen LogP contribution in [-0.4, -0.2) is 90.4 Å². The minimum Gasteiger partial charge on any atom is -0.497 e. The molecule has 8 aromatic carbocycles. The van der Waals surface area contributed by atoms with Crippen molar-refractivity contribution < 1.29 is 65.9 Å². The van der Waals surface area contributed by atoms with Gasteiger partial charge in [0.15, 0.2) is 33.6 Å². The monoisotopic (exact) mass is 1190 g/mol. The lowest BCUT2D eigenvalue weighted by Crippen LogP contribution is -2.45. The second-order valence-electron chi connectivity index (χ2n) is 22.1. The molecule has 2 heterocycles. The van der Waals surface area contributed by atoms with Gasteiger partial charge in [0.25, 0.3) is 0 Å². The van der Waals surface area contributed by atoms with Crippen molar-refractivity contribution in [2.45, 2.75) is 69.2 Å². The van der Waals surface area contributed by atoms with Crippen molar-refractivity contribution in [2.24, 2.45) is 0 Å². The Bertz CT molecular complexity index is 3740. The van der Waals surface area contributed by atoms with Crippen molar-refractivity contribution in [3.05, 3.63) is 208 Å². The van der Waals surface area contributed by atoms with Gasteiger partial charge in [0.1, 0.15) is 52.2 Å². The summed E-state index contributed by atoms with van der Waals surface area (Å²) in [7, 11) is 4.80. The fourth-order valence-corrected chi connectivity index (χ4v) is 20.0. The van der Waals surface area contributed by atoms with E-state index in [1.54, 1.807) is 28.4 Å². The van der Waals surface area contributed by atoms with Crippen molar-refractivity contribution in [2.75, 3.05) is 55.9 Å². The molecule has 0 radical (unpaired) electrons. The van der Waals surface area contributed by atoms with Gasteiger partial charge in [0.05, 0.1) is 48.2 Å². The van der Waals surface area contributed by atoms with Crippen LogP contribution in [0.1, 0.15) is 73.9 Å². The second-order valence-corrected chi connectivity index (χ2v) is 30.8. The predicted molar refractivity (Wildman–Crippen MR) is 340 cm³/mol. The Morgan fingerprint density at radius 3 is 1.30 bits per heavy atom. The Hall–Kier alpha value is -8.68. The summed E-state index contributed by atoms with van der Waals surface area (Å²) in [4.78, 5) is 40.4. The number of rotatable bonds is 21. The predicted octanol–water partition coefficient (Wildman–Crippen LogP) is 15.1. The summed E-state index contributed by atoms with van der Waals surface area (Å²) in [6, 6.07) is 49.6. The van der Waals surface area contributed by atoms with Crippen LogP contribution in [0, 0.1) is 0 Å². The Morgan fingerprint density at radius 2 is 0.884 bits per heavy atom. The standard InChI is InChI=1S/C38H44O7Si2.C32H30O7/c1-8-9-25-46(4,5)45-47(6,7)26-33(39)43-36-31-18-14-13-17-30(31)35-32(34(36)37(40)42-3)23-24-38(44-35,27-15-11-10-12-16-27)28-19-21-29(41-2)22-20-28;1-34-19-20-38-30-26-8-6-5-7-25(26)29-27(28(30)31(33)37-4)17-18-32(39-29,21-9-13-23(35-2)14-10-21)22-11-15-24(36-3)16-12-22/h10-24H,8-9,25-26H2,1-7H3;5-18H,19-20H2,1-4H3. The second kappa shape index (κ2) is 26.7. The van der Waals surface area contributed by atoms with E-state index in [9.17, 15) is 14.4 Å². The molecule has 1 unspecified atom stereocenters. The molecule has 0 saturated carbocycles. The fourth-order valence-electron chi connectivity index (χ4n) is 11.3. The van der Waals surface area contributed by atoms with E-state index in [0.29, 0.717) is 51.3 Å². The van der Waals surface area contributed by atoms with E-state index < -0.39 is 45.7 Å². The van der Waals surface area contributed by atoms with Gasteiger partial charge >= 0.3 is 17.9 Å². The van der Waals surface area contributed by atoms with Crippen molar-refractivity contribution in [1.29, 1.82) is 0 Å². The van der Waals surface area contributed by atoms with Crippen LogP contribution in [0.3, 0.4) is 0 Å². The highest BCUT2D eigenvalue weighted by atomic mass is 28.4. The van der Waals surface area contributed by atoms with Gasteiger partial charge in [-0.15, -0.1) is 0 Å². The Balaban J connectivity index is 0.000000209. The number of esters is 3. The first-order valence-corrected chi connectivity index (χ1v) is 34.8. The summed E-state index contributed by atoms with van der Waals surface area (Å²) in [6.07, 6.45) is 9.89. The summed E-state index contributed by atoms with van der Waals surface area (Å²) >= 11 is 0.